The maximum absolute atomic E-state index is 6.02. The summed E-state index contributed by atoms with van der Waals surface area (Å²) in [4.78, 5) is 0. The monoisotopic (exact) mass is 324 g/mol. The quantitative estimate of drug-likeness (QED) is 0.561. The Bertz CT molecular complexity index is 614. The van der Waals surface area contributed by atoms with Gasteiger partial charge in [-0.25, -0.2) is 0 Å². The van der Waals surface area contributed by atoms with Crippen molar-refractivity contribution in [3.63, 3.8) is 0 Å². The Balaban J connectivity index is 1.99. The zero-order chi connectivity index (χ0) is 14.4. The summed E-state index contributed by atoms with van der Waals surface area (Å²) in [6.45, 7) is 0. The SMILES string of the molecule is Clc1cc(Cl)c(NN=C/C=C/c2ccccc2)c(Cl)c1. The molecule has 102 valence electrons. The summed E-state index contributed by atoms with van der Waals surface area (Å²) in [6, 6.07) is 13.1. The van der Waals surface area contributed by atoms with E-state index in [1.54, 1.807) is 18.3 Å². The van der Waals surface area contributed by atoms with Crippen LogP contribution in [-0.2, 0) is 0 Å². The molecule has 0 atom stereocenters. The van der Waals surface area contributed by atoms with E-state index in [1.165, 1.54) is 0 Å². The maximum atomic E-state index is 6.02. The van der Waals surface area contributed by atoms with Crippen molar-refractivity contribution in [2.75, 3.05) is 5.43 Å². The number of hydrogen-bond donors (Lipinski definition) is 1. The van der Waals surface area contributed by atoms with Gasteiger partial charge in [0.2, 0.25) is 0 Å². The Kier molecular flexibility index (Phi) is 5.48. The van der Waals surface area contributed by atoms with Crippen LogP contribution in [0.4, 0.5) is 5.69 Å². The van der Waals surface area contributed by atoms with Crippen LogP contribution in [0.5, 0.6) is 0 Å². The molecule has 2 rings (SSSR count). The van der Waals surface area contributed by atoms with Gasteiger partial charge in [0.05, 0.1) is 15.7 Å². The molecule has 0 aliphatic carbocycles. The fourth-order valence-electron chi connectivity index (χ4n) is 1.51. The molecule has 0 radical (unpaired) electrons. The van der Waals surface area contributed by atoms with E-state index in [0.717, 1.165) is 5.56 Å². The Hall–Kier alpha value is -1.48. The van der Waals surface area contributed by atoms with Crippen LogP contribution in [0.3, 0.4) is 0 Å². The van der Waals surface area contributed by atoms with E-state index in [9.17, 15) is 0 Å². The number of benzene rings is 2. The number of rotatable bonds is 4. The van der Waals surface area contributed by atoms with Gasteiger partial charge in [-0.2, -0.15) is 5.10 Å². The minimum atomic E-state index is 0.423. The van der Waals surface area contributed by atoms with Crippen LogP contribution in [0.25, 0.3) is 6.08 Å². The van der Waals surface area contributed by atoms with Crippen molar-refractivity contribution in [2.45, 2.75) is 0 Å². The topological polar surface area (TPSA) is 24.4 Å². The third kappa shape index (κ3) is 4.27. The second-order valence-electron chi connectivity index (χ2n) is 3.90. The molecule has 0 fully saturated rings. The predicted octanol–water partition coefficient (Wildman–Crippen LogP) is 5.76. The van der Waals surface area contributed by atoms with Gasteiger partial charge in [0.1, 0.15) is 0 Å². The van der Waals surface area contributed by atoms with Crippen LogP contribution >= 0.6 is 34.8 Å². The molecule has 0 aromatic heterocycles. The number of anilines is 1. The van der Waals surface area contributed by atoms with Crippen molar-refractivity contribution < 1.29 is 0 Å². The third-order valence-electron chi connectivity index (χ3n) is 2.43. The van der Waals surface area contributed by atoms with Gasteiger partial charge in [-0.3, -0.25) is 5.43 Å². The lowest BCUT2D eigenvalue weighted by atomic mass is 10.2. The van der Waals surface area contributed by atoms with Gasteiger partial charge in [0.25, 0.3) is 0 Å². The first-order valence-corrected chi connectivity index (χ1v) is 6.95. The van der Waals surface area contributed by atoms with E-state index < -0.39 is 0 Å². The lowest BCUT2D eigenvalue weighted by molar-refractivity contribution is 1.36. The number of hydrazone groups is 1. The Morgan fingerprint density at radius 1 is 0.950 bits per heavy atom. The fraction of sp³-hybridized carbons (Fsp3) is 0. The molecule has 0 amide bonds. The van der Waals surface area contributed by atoms with Crippen LogP contribution in [0.1, 0.15) is 5.56 Å². The van der Waals surface area contributed by atoms with Crippen LogP contribution in [0, 0.1) is 0 Å². The van der Waals surface area contributed by atoms with Crippen LogP contribution < -0.4 is 5.43 Å². The van der Waals surface area contributed by atoms with Crippen molar-refractivity contribution in [3.05, 3.63) is 69.2 Å². The van der Waals surface area contributed by atoms with Gasteiger partial charge in [-0.1, -0.05) is 71.2 Å². The van der Waals surface area contributed by atoms with Gasteiger partial charge < -0.3 is 0 Å². The molecule has 0 unspecified atom stereocenters. The highest BCUT2D eigenvalue weighted by atomic mass is 35.5. The van der Waals surface area contributed by atoms with Gasteiger partial charge in [-0.05, 0) is 23.8 Å². The number of halogens is 3. The van der Waals surface area contributed by atoms with Crippen LogP contribution in [0.15, 0.2) is 53.6 Å². The molecule has 0 saturated heterocycles. The third-order valence-corrected chi connectivity index (χ3v) is 3.25. The van der Waals surface area contributed by atoms with Crippen molar-refractivity contribution >= 4 is 52.8 Å². The standard InChI is InChI=1S/C15H11Cl3N2/c16-12-9-13(17)15(14(18)10-12)20-19-8-4-7-11-5-2-1-3-6-11/h1-10,20H/b7-4+,19-8?. The number of nitrogens with zero attached hydrogens (tertiary/aromatic N) is 1. The van der Waals surface area contributed by atoms with Crippen LogP contribution in [0.2, 0.25) is 15.1 Å². The summed E-state index contributed by atoms with van der Waals surface area (Å²) in [5.74, 6) is 0. The minimum absolute atomic E-state index is 0.423. The van der Waals surface area contributed by atoms with E-state index >= 15 is 0 Å². The maximum Gasteiger partial charge on any atom is 0.0935 e. The molecular weight excluding hydrogens is 315 g/mol. The van der Waals surface area contributed by atoms with E-state index in [1.807, 2.05) is 42.5 Å². The molecule has 0 spiro atoms. The van der Waals surface area contributed by atoms with Crippen molar-refractivity contribution in [3.8, 4) is 0 Å². The highest BCUT2D eigenvalue weighted by Crippen LogP contribution is 2.33. The van der Waals surface area contributed by atoms with E-state index in [0.29, 0.717) is 20.8 Å². The molecule has 2 aromatic carbocycles. The number of allylic oxidation sites excluding steroid dienone is 1. The molecule has 0 saturated carbocycles. The first kappa shape index (κ1) is 14.9. The normalized spacial score (nSPS) is 11.3. The van der Waals surface area contributed by atoms with Crippen molar-refractivity contribution in [1.82, 2.24) is 0 Å². The number of nitrogens with one attached hydrogen (secondary N) is 1. The average Bonchev–Trinajstić information content (AvgIpc) is 2.42. The molecule has 0 bridgehead atoms. The Morgan fingerprint density at radius 2 is 1.60 bits per heavy atom. The largest absolute Gasteiger partial charge is 0.275 e. The predicted molar refractivity (Wildman–Crippen MR) is 89.1 cm³/mol. The summed E-state index contributed by atoms with van der Waals surface area (Å²) in [7, 11) is 0. The van der Waals surface area contributed by atoms with E-state index in [4.69, 9.17) is 34.8 Å². The minimum Gasteiger partial charge on any atom is -0.275 e. The average molecular weight is 326 g/mol. The molecule has 0 aliphatic heterocycles. The molecule has 2 nitrogen and oxygen atoms in total. The number of hydrogen-bond acceptors (Lipinski definition) is 2. The highest BCUT2D eigenvalue weighted by molar-refractivity contribution is 6.41. The van der Waals surface area contributed by atoms with Crippen LogP contribution in [-0.4, -0.2) is 6.21 Å². The van der Waals surface area contributed by atoms with Gasteiger partial charge >= 0.3 is 0 Å². The van der Waals surface area contributed by atoms with Gasteiger partial charge in [0.15, 0.2) is 0 Å². The highest BCUT2D eigenvalue weighted by Gasteiger charge is 2.06. The molecular formula is C15H11Cl3N2. The molecule has 5 heteroatoms. The van der Waals surface area contributed by atoms with E-state index in [-0.39, 0.29) is 0 Å². The Labute approximate surface area is 132 Å². The summed E-state index contributed by atoms with van der Waals surface area (Å²) < 4.78 is 0. The molecule has 20 heavy (non-hydrogen) atoms. The molecule has 2 aromatic rings. The second kappa shape index (κ2) is 7.34. The molecule has 0 aliphatic rings. The molecule has 1 N–H and O–H groups in total. The molecule has 0 heterocycles. The zero-order valence-electron chi connectivity index (χ0n) is 10.4. The lowest BCUT2D eigenvalue weighted by Gasteiger charge is -2.05. The van der Waals surface area contributed by atoms with E-state index in [2.05, 4.69) is 10.5 Å². The zero-order valence-corrected chi connectivity index (χ0v) is 12.6. The Morgan fingerprint density at radius 3 is 2.25 bits per heavy atom. The summed E-state index contributed by atoms with van der Waals surface area (Å²) in [5, 5.41) is 5.36. The summed E-state index contributed by atoms with van der Waals surface area (Å²) in [6.07, 6.45) is 5.38. The summed E-state index contributed by atoms with van der Waals surface area (Å²) >= 11 is 17.9. The van der Waals surface area contributed by atoms with Crippen molar-refractivity contribution in [1.29, 1.82) is 0 Å². The summed E-state index contributed by atoms with van der Waals surface area (Å²) in [5.41, 5.74) is 4.42. The smallest absolute Gasteiger partial charge is 0.0935 e. The lowest BCUT2D eigenvalue weighted by Crippen LogP contribution is -1.91. The fourth-order valence-corrected chi connectivity index (χ4v) is 2.41. The van der Waals surface area contributed by atoms with Crippen molar-refractivity contribution in [2.24, 2.45) is 5.10 Å². The van der Waals surface area contributed by atoms with Gasteiger partial charge in [0, 0.05) is 11.2 Å². The second-order valence-corrected chi connectivity index (χ2v) is 5.16. The first-order chi connectivity index (χ1) is 9.66. The van der Waals surface area contributed by atoms with Gasteiger partial charge in [-0.15, -0.1) is 0 Å². The first-order valence-electron chi connectivity index (χ1n) is 5.82.